The highest BCUT2D eigenvalue weighted by Crippen LogP contribution is 2.15. The van der Waals surface area contributed by atoms with Crippen LogP contribution in [-0.2, 0) is 4.79 Å². The molecule has 0 aliphatic heterocycles. The molecule has 1 heterocycles. The Bertz CT molecular complexity index is 318. The van der Waals surface area contributed by atoms with E-state index in [0.29, 0.717) is 5.56 Å². The van der Waals surface area contributed by atoms with E-state index in [-0.39, 0.29) is 10.9 Å². The zero-order chi connectivity index (χ0) is 10.6. The number of carboxylic acid groups (broad SMARTS) is 1. The van der Waals surface area contributed by atoms with Gasteiger partial charge < -0.3 is 9.52 Å². The number of hydrogen-bond donors (Lipinski definition) is 1. The van der Waals surface area contributed by atoms with Crippen molar-refractivity contribution in [2.75, 3.05) is 5.75 Å². The van der Waals surface area contributed by atoms with E-state index in [4.69, 9.17) is 9.52 Å². The van der Waals surface area contributed by atoms with E-state index in [2.05, 4.69) is 0 Å². The highest BCUT2D eigenvalue weighted by molar-refractivity contribution is 8.14. The van der Waals surface area contributed by atoms with Crippen LogP contribution in [-0.4, -0.2) is 21.9 Å². The Kier molecular flexibility index (Phi) is 3.76. The summed E-state index contributed by atoms with van der Waals surface area (Å²) in [5.41, 5.74) is 0.465. The molecule has 76 valence electrons. The SMILES string of the molecule is CC(CSC(=O)c1ccoc1)C(=O)O. The summed E-state index contributed by atoms with van der Waals surface area (Å²) in [5, 5.41) is 8.42. The van der Waals surface area contributed by atoms with Crippen LogP contribution in [0.15, 0.2) is 23.0 Å². The van der Waals surface area contributed by atoms with Crippen LogP contribution in [0.1, 0.15) is 17.3 Å². The molecule has 14 heavy (non-hydrogen) atoms. The first-order chi connectivity index (χ1) is 6.61. The molecule has 0 saturated heterocycles. The second-order valence-corrected chi connectivity index (χ2v) is 3.84. The highest BCUT2D eigenvalue weighted by Gasteiger charge is 2.14. The van der Waals surface area contributed by atoms with Crippen molar-refractivity contribution in [1.29, 1.82) is 0 Å². The number of aliphatic carboxylic acids is 1. The normalized spacial score (nSPS) is 12.4. The summed E-state index contributed by atoms with van der Waals surface area (Å²) < 4.78 is 4.74. The van der Waals surface area contributed by atoms with E-state index in [0.717, 1.165) is 11.8 Å². The highest BCUT2D eigenvalue weighted by atomic mass is 32.2. The number of hydrogen-bond acceptors (Lipinski definition) is 4. The topological polar surface area (TPSA) is 67.5 Å². The standard InChI is InChI=1S/C9H10O4S/c1-6(8(10)11)5-14-9(12)7-2-3-13-4-7/h2-4,6H,5H2,1H3,(H,10,11). The number of carboxylic acids is 1. The van der Waals surface area contributed by atoms with Gasteiger partial charge in [0.05, 0.1) is 17.7 Å². The summed E-state index contributed by atoms with van der Waals surface area (Å²) in [6, 6.07) is 1.56. The average Bonchev–Trinajstić information content (AvgIpc) is 2.66. The van der Waals surface area contributed by atoms with Gasteiger partial charge in [0.15, 0.2) is 0 Å². The molecule has 0 aliphatic carbocycles. The van der Waals surface area contributed by atoms with Crippen LogP contribution in [0.3, 0.4) is 0 Å². The summed E-state index contributed by atoms with van der Waals surface area (Å²) in [7, 11) is 0. The van der Waals surface area contributed by atoms with E-state index in [9.17, 15) is 9.59 Å². The molecule has 5 heteroatoms. The summed E-state index contributed by atoms with van der Waals surface area (Å²) in [6.07, 6.45) is 2.76. The molecule has 1 aromatic rings. The van der Waals surface area contributed by atoms with Gasteiger partial charge in [-0.15, -0.1) is 0 Å². The van der Waals surface area contributed by atoms with E-state index < -0.39 is 11.9 Å². The van der Waals surface area contributed by atoms with Crippen LogP contribution in [0.25, 0.3) is 0 Å². The fourth-order valence-electron chi connectivity index (χ4n) is 0.736. The third kappa shape index (κ3) is 2.92. The van der Waals surface area contributed by atoms with Crippen molar-refractivity contribution >= 4 is 22.8 Å². The number of thioether (sulfide) groups is 1. The third-order valence-corrected chi connectivity index (χ3v) is 2.81. The Morgan fingerprint density at radius 3 is 2.86 bits per heavy atom. The molecule has 4 nitrogen and oxygen atoms in total. The molecule has 1 unspecified atom stereocenters. The molecule has 0 fully saturated rings. The molecule has 0 aliphatic rings. The predicted octanol–water partition coefficient (Wildman–Crippen LogP) is 1.87. The number of carbonyl (C=O) groups is 2. The van der Waals surface area contributed by atoms with Crippen LogP contribution in [0.2, 0.25) is 0 Å². The number of rotatable bonds is 4. The van der Waals surface area contributed by atoms with E-state index in [1.54, 1.807) is 13.0 Å². The average molecular weight is 214 g/mol. The lowest BCUT2D eigenvalue weighted by Crippen LogP contribution is -2.13. The molecular weight excluding hydrogens is 204 g/mol. The van der Waals surface area contributed by atoms with Gasteiger partial charge in [-0.2, -0.15) is 0 Å². The van der Waals surface area contributed by atoms with Gasteiger partial charge in [0, 0.05) is 5.75 Å². The first-order valence-electron chi connectivity index (χ1n) is 4.03. The van der Waals surface area contributed by atoms with Gasteiger partial charge in [-0.25, -0.2) is 0 Å². The van der Waals surface area contributed by atoms with Crippen molar-refractivity contribution < 1.29 is 19.1 Å². The minimum Gasteiger partial charge on any atom is -0.481 e. The van der Waals surface area contributed by atoms with Gasteiger partial charge in [-0.3, -0.25) is 9.59 Å². The van der Waals surface area contributed by atoms with Gasteiger partial charge in [-0.05, 0) is 6.07 Å². The van der Waals surface area contributed by atoms with Gasteiger partial charge in [-0.1, -0.05) is 18.7 Å². The molecule has 0 radical (unpaired) electrons. The Morgan fingerprint density at radius 2 is 2.36 bits per heavy atom. The Morgan fingerprint density at radius 1 is 1.64 bits per heavy atom. The van der Waals surface area contributed by atoms with Crippen LogP contribution in [0, 0.1) is 5.92 Å². The Hall–Kier alpha value is -1.23. The van der Waals surface area contributed by atoms with Crippen molar-refractivity contribution in [3.8, 4) is 0 Å². The molecule has 1 N–H and O–H groups in total. The third-order valence-electron chi connectivity index (χ3n) is 1.64. The van der Waals surface area contributed by atoms with Gasteiger partial charge in [0.2, 0.25) is 5.12 Å². The molecule has 1 atom stereocenters. The summed E-state index contributed by atoms with van der Waals surface area (Å²) in [4.78, 5) is 21.8. The second kappa shape index (κ2) is 4.85. The van der Waals surface area contributed by atoms with Crippen molar-refractivity contribution in [1.82, 2.24) is 0 Å². The van der Waals surface area contributed by atoms with Crippen LogP contribution < -0.4 is 0 Å². The number of carbonyl (C=O) groups excluding carboxylic acids is 1. The molecule has 0 spiro atoms. The zero-order valence-corrected chi connectivity index (χ0v) is 8.41. The molecule has 1 rings (SSSR count). The molecule has 0 saturated carbocycles. The second-order valence-electron chi connectivity index (χ2n) is 2.85. The first kappa shape index (κ1) is 10.8. The lowest BCUT2D eigenvalue weighted by molar-refractivity contribution is -0.140. The van der Waals surface area contributed by atoms with Crippen LogP contribution in [0.5, 0.6) is 0 Å². The summed E-state index contributed by atoms with van der Waals surface area (Å²) in [5.74, 6) is -1.13. The lowest BCUT2D eigenvalue weighted by atomic mass is 10.2. The fraction of sp³-hybridized carbons (Fsp3) is 0.333. The Balaban J connectivity index is 2.40. The fourth-order valence-corrected chi connectivity index (χ4v) is 1.56. The minimum absolute atomic E-state index is 0.160. The summed E-state index contributed by atoms with van der Waals surface area (Å²) in [6.45, 7) is 1.57. The van der Waals surface area contributed by atoms with Crippen molar-refractivity contribution in [3.05, 3.63) is 24.2 Å². The van der Waals surface area contributed by atoms with Crippen LogP contribution >= 0.6 is 11.8 Å². The monoisotopic (exact) mass is 214 g/mol. The Labute approximate surface area is 85.3 Å². The van der Waals surface area contributed by atoms with Crippen molar-refractivity contribution in [2.45, 2.75) is 6.92 Å². The van der Waals surface area contributed by atoms with Gasteiger partial charge >= 0.3 is 5.97 Å². The predicted molar refractivity (Wildman–Crippen MR) is 52.3 cm³/mol. The maximum absolute atomic E-state index is 11.3. The van der Waals surface area contributed by atoms with Gasteiger partial charge in [0.1, 0.15) is 6.26 Å². The molecule has 0 bridgehead atoms. The minimum atomic E-state index is -0.891. The maximum atomic E-state index is 11.3. The zero-order valence-electron chi connectivity index (χ0n) is 7.60. The maximum Gasteiger partial charge on any atom is 0.307 e. The largest absolute Gasteiger partial charge is 0.481 e. The number of furan rings is 1. The molecular formula is C9H10O4S. The van der Waals surface area contributed by atoms with Crippen molar-refractivity contribution in [3.63, 3.8) is 0 Å². The first-order valence-corrected chi connectivity index (χ1v) is 5.02. The molecule has 1 aromatic heterocycles. The van der Waals surface area contributed by atoms with E-state index >= 15 is 0 Å². The smallest absolute Gasteiger partial charge is 0.307 e. The van der Waals surface area contributed by atoms with E-state index in [1.165, 1.54) is 12.5 Å². The molecule has 0 aromatic carbocycles. The lowest BCUT2D eigenvalue weighted by Gasteiger charge is -2.02. The quantitative estimate of drug-likeness (QED) is 0.828. The van der Waals surface area contributed by atoms with Crippen LogP contribution in [0.4, 0.5) is 0 Å². The van der Waals surface area contributed by atoms with E-state index in [1.807, 2.05) is 0 Å². The van der Waals surface area contributed by atoms with Gasteiger partial charge in [0.25, 0.3) is 0 Å². The van der Waals surface area contributed by atoms with Crippen molar-refractivity contribution in [2.24, 2.45) is 5.92 Å². The summed E-state index contributed by atoms with van der Waals surface area (Å²) >= 11 is 0.991. The molecule has 0 amide bonds.